The second-order valence-corrected chi connectivity index (χ2v) is 19.0. The Bertz CT molecular complexity index is 1160. The van der Waals surface area contributed by atoms with Gasteiger partial charge in [0.15, 0.2) is 0 Å². The van der Waals surface area contributed by atoms with Gasteiger partial charge in [-0.3, -0.25) is 9.59 Å². The molecule has 0 aromatic rings. The molecule has 0 aromatic heterocycles. The van der Waals surface area contributed by atoms with Gasteiger partial charge in [-0.05, 0) is 89.9 Å². The molecule has 1 amide bonds. The van der Waals surface area contributed by atoms with Crippen LogP contribution in [0.3, 0.4) is 0 Å². The van der Waals surface area contributed by atoms with Crippen LogP contribution in [0.5, 0.6) is 0 Å². The normalized spacial score (nSPS) is 13.6. The van der Waals surface area contributed by atoms with Gasteiger partial charge in [-0.25, -0.2) is 0 Å². The molecular formula is C59H107NO5. The third-order valence-corrected chi connectivity index (χ3v) is 12.6. The van der Waals surface area contributed by atoms with Gasteiger partial charge in [0.2, 0.25) is 5.91 Å². The Hall–Kier alpha value is -2.44. The van der Waals surface area contributed by atoms with Crippen molar-refractivity contribution in [3.8, 4) is 0 Å². The monoisotopic (exact) mass is 910 g/mol. The second-order valence-electron chi connectivity index (χ2n) is 19.0. The average Bonchev–Trinajstić information content (AvgIpc) is 3.30. The molecule has 3 unspecified atom stereocenters. The Kier molecular flexibility index (Phi) is 50.6. The number of carbonyl (C=O) groups excluding carboxylic acids is 2. The van der Waals surface area contributed by atoms with Crippen molar-refractivity contribution in [1.29, 1.82) is 0 Å². The van der Waals surface area contributed by atoms with Crippen LogP contribution in [0.2, 0.25) is 0 Å². The summed E-state index contributed by atoms with van der Waals surface area (Å²) in [7, 11) is 0. The molecule has 0 saturated heterocycles. The van der Waals surface area contributed by atoms with E-state index >= 15 is 0 Å². The minimum Gasteiger partial charge on any atom is -0.462 e. The summed E-state index contributed by atoms with van der Waals surface area (Å²) in [4.78, 5) is 26.2. The van der Waals surface area contributed by atoms with Gasteiger partial charge >= 0.3 is 5.97 Å². The van der Waals surface area contributed by atoms with E-state index in [1.54, 1.807) is 0 Å². The quantitative estimate of drug-likeness (QED) is 0.0245. The molecule has 0 spiro atoms. The zero-order chi connectivity index (χ0) is 47.4. The zero-order valence-corrected chi connectivity index (χ0v) is 43.1. The fourth-order valence-electron chi connectivity index (χ4n) is 8.31. The number of ether oxygens (including phenoxy) is 1. The number of hydrogen-bond acceptors (Lipinski definition) is 5. The predicted octanol–water partition coefficient (Wildman–Crippen LogP) is 17.2. The minimum absolute atomic E-state index is 0.0449. The highest BCUT2D eigenvalue weighted by Crippen LogP contribution is 2.17. The molecular weight excluding hydrogens is 803 g/mol. The molecule has 378 valence electrons. The smallest absolute Gasteiger partial charge is 0.306 e. The van der Waals surface area contributed by atoms with Gasteiger partial charge in [0.1, 0.15) is 6.10 Å². The SMILES string of the molecule is CCCCC/C=C\C/C=C\C/C=C\CCCCC(CC(=O)NC(CO)C(O)CCCCCCCCCCCCCCC)OC(=O)CCCCCCC/C=C/C=C/CCCCCCCCC. The summed E-state index contributed by atoms with van der Waals surface area (Å²) in [6.45, 7) is 6.45. The van der Waals surface area contributed by atoms with E-state index in [0.29, 0.717) is 19.3 Å². The highest BCUT2D eigenvalue weighted by molar-refractivity contribution is 5.77. The van der Waals surface area contributed by atoms with Crippen LogP contribution in [0.25, 0.3) is 0 Å². The largest absolute Gasteiger partial charge is 0.462 e. The molecule has 0 aliphatic carbocycles. The maximum absolute atomic E-state index is 13.2. The van der Waals surface area contributed by atoms with Gasteiger partial charge in [-0.2, -0.15) is 0 Å². The first-order chi connectivity index (χ1) is 32.0. The topological polar surface area (TPSA) is 95.9 Å². The van der Waals surface area contributed by atoms with Crippen molar-refractivity contribution in [1.82, 2.24) is 5.32 Å². The number of hydrogen-bond donors (Lipinski definition) is 3. The van der Waals surface area contributed by atoms with E-state index in [1.807, 2.05) is 0 Å². The van der Waals surface area contributed by atoms with E-state index in [1.165, 1.54) is 141 Å². The molecule has 0 aromatic carbocycles. The number of amides is 1. The molecule has 0 fully saturated rings. The molecule has 6 nitrogen and oxygen atoms in total. The Morgan fingerprint density at radius 1 is 0.462 bits per heavy atom. The van der Waals surface area contributed by atoms with Crippen molar-refractivity contribution in [2.24, 2.45) is 0 Å². The van der Waals surface area contributed by atoms with E-state index in [9.17, 15) is 19.8 Å². The summed E-state index contributed by atoms with van der Waals surface area (Å²) < 4.78 is 5.93. The highest BCUT2D eigenvalue weighted by Gasteiger charge is 2.24. The molecule has 0 radical (unpaired) electrons. The number of aliphatic hydroxyl groups excluding tert-OH is 2. The summed E-state index contributed by atoms with van der Waals surface area (Å²) in [5, 5.41) is 23.8. The third kappa shape index (κ3) is 47.8. The van der Waals surface area contributed by atoms with Crippen LogP contribution >= 0.6 is 0 Å². The van der Waals surface area contributed by atoms with Crippen molar-refractivity contribution >= 4 is 11.9 Å². The molecule has 0 bridgehead atoms. The van der Waals surface area contributed by atoms with E-state index in [0.717, 1.165) is 89.9 Å². The fraction of sp³-hybridized carbons (Fsp3) is 0.797. The summed E-state index contributed by atoms with van der Waals surface area (Å²) >= 11 is 0. The summed E-state index contributed by atoms with van der Waals surface area (Å²) in [6, 6.07) is -0.719. The van der Waals surface area contributed by atoms with E-state index in [2.05, 4.69) is 86.8 Å². The summed E-state index contributed by atoms with van der Waals surface area (Å²) in [5.41, 5.74) is 0. The first-order valence-corrected chi connectivity index (χ1v) is 28.0. The van der Waals surface area contributed by atoms with Gasteiger partial charge in [0.05, 0.1) is 25.2 Å². The lowest BCUT2D eigenvalue weighted by atomic mass is 10.0. The number of allylic oxidation sites excluding steroid dienone is 10. The number of aliphatic hydroxyl groups is 2. The molecule has 0 rings (SSSR count). The van der Waals surface area contributed by atoms with Crippen molar-refractivity contribution in [2.75, 3.05) is 6.61 Å². The van der Waals surface area contributed by atoms with Gasteiger partial charge in [-0.1, -0.05) is 236 Å². The van der Waals surface area contributed by atoms with Crippen molar-refractivity contribution in [3.63, 3.8) is 0 Å². The van der Waals surface area contributed by atoms with Crippen molar-refractivity contribution < 1.29 is 24.5 Å². The number of carbonyl (C=O) groups is 2. The lowest BCUT2D eigenvalue weighted by Gasteiger charge is -2.24. The maximum atomic E-state index is 13.2. The van der Waals surface area contributed by atoms with E-state index < -0.39 is 18.2 Å². The Labute approximate surface area is 403 Å². The lowest BCUT2D eigenvalue weighted by Crippen LogP contribution is -2.46. The van der Waals surface area contributed by atoms with Crippen LogP contribution in [0.15, 0.2) is 60.8 Å². The number of nitrogens with one attached hydrogen (secondary N) is 1. The first-order valence-electron chi connectivity index (χ1n) is 28.0. The Balaban J connectivity index is 4.65. The second kappa shape index (κ2) is 52.5. The van der Waals surface area contributed by atoms with Crippen LogP contribution in [-0.4, -0.2) is 46.9 Å². The molecule has 6 heteroatoms. The molecule has 0 saturated carbocycles. The molecule has 0 aliphatic rings. The van der Waals surface area contributed by atoms with Gasteiger partial charge in [-0.15, -0.1) is 0 Å². The number of esters is 1. The van der Waals surface area contributed by atoms with Gasteiger partial charge in [0.25, 0.3) is 0 Å². The highest BCUT2D eigenvalue weighted by atomic mass is 16.5. The minimum atomic E-state index is -0.802. The molecule has 65 heavy (non-hydrogen) atoms. The molecule has 3 N–H and O–H groups in total. The maximum Gasteiger partial charge on any atom is 0.306 e. The average molecular weight is 911 g/mol. The van der Waals surface area contributed by atoms with Crippen LogP contribution in [0, 0.1) is 0 Å². The summed E-state index contributed by atoms with van der Waals surface area (Å²) in [5.74, 6) is -0.524. The van der Waals surface area contributed by atoms with Gasteiger partial charge in [0, 0.05) is 6.42 Å². The number of unbranched alkanes of at least 4 members (excludes halogenated alkanes) is 29. The summed E-state index contributed by atoms with van der Waals surface area (Å²) in [6.07, 6.45) is 65.7. The van der Waals surface area contributed by atoms with Crippen LogP contribution in [0.4, 0.5) is 0 Å². The van der Waals surface area contributed by atoms with E-state index in [-0.39, 0.29) is 24.9 Å². The standard InChI is InChI=1S/C59H107NO5/c1-4-7-10-13-16-19-22-25-27-28-29-31-34-37-40-43-46-49-52-59(64)65-55(50-47-44-41-38-35-33-30-26-23-20-17-14-11-8-5-2)53-58(63)60-56(54-61)57(62)51-48-45-42-39-36-32-24-21-18-15-12-9-6-3/h17,20,26-31,35,38,55-57,61-62H,4-16,18-19,21-25,32-34,36-37,39-54H2,1-3H3,(H,60,63)/b20-17-,28-27+,30-26-,31-29+,38-35-. The third-order valence-electron chi connectivity index (χ3n) is 12.6. The molecule has 3 atom stereocenters. The Morgan fingerprint density at radius 3 is 1.32 bits per heavy atom. The predicted molar refractivity (Wildman–Crippen MR) is 282 cm³/mol. The van der Waals surface area contributed by atoms with Crippen molar-refractivity contribution in [2.45, 2.75) is 296 Å². The lowest BCUT2D eigenvalue weighted by molar-refractivity contribution is -0.151. The first kappa shape index (κ1) is 62.6. The zero-order valence-electron chi connectivity index (χ0n) is 43.1. The van der Waals surface area contributed by atoms with Crippen LogP contribution in [0.1, 0.15) is 278 Å². The molecule has 0 heterocycles. The molecule has 0 aliphatic heterocycles. The van der Waals surface area contributed by atoms with Gasteiger partial charge < -0.3 is 20.3 Å². The fourth-order valence-corrected chi connectivity index (χ4v) is 8.31. The van der Waals surface area contributed by atoms with E-state index in [4.69, 9.17) is 4.74 Å². The van der Waals surface area contributed by atoms with Crippen molar-refractivity contribution in [3.05, 3.63) is 60.8 Å². The van der Waals surface area contributed by atoms with Crippen LogP contribution in [-0.2, 0) is 14.3 Å². The Morgan fingerprint density at radius 2 is 0.831 bits per heavy atom. The number of rotatable bonds is 50. The van der Waals surface area contributed by atoms with Crippen LogP contribution < -0.4 is 5.32 Å².